The first-order valence-electron chi connectivity index (χ1n) is 16.6. The molecule has 0 amide bonds. The maximum absolute atomic E-state index is 14.0. The highest BCUT2D eigenvalue weighted by Gasteiger charge is 2.34. The Hall–Kier alpha value is -6.50. The number of rotatable bonds is 5. The van der Waals surface area contributed by atoms with Crippen molar-refractivity contribution in [1.82, 2.24) is 19.5 Å². The molecule has 4 nitrogen and oxygen atoms in total. The highest BCUT2D eigenvalue weighted by atomic mass is 19.4. The van der Waals surface area contributed by atoms with Gasteiger partial charge in [-0.05, 0) is 65.7 Å². The molecule has 0 saturated carbocycles. The van der Waals surface area contributed by atoms with Crippen molar-refractivity contribution in [2.45, 2.75) is 18.5 Å². The van der Waals surface area contributed by atoms with Crippen LogP contribution in [0.5, 0.6) is 0 Å². The van der Waals surface area contributed by atoms with Crippen LogP contribution in [0.15, 0.2) is 140 Å². The van der Waals surface area contributed by atoms with E-state index in [1.54, 1.807) is 54.6 Å². The maximum Gasteiger partial charge on any atom is 0.416 e. The van der Waals surface area contributed by atoms with Crippen molar-refractivity contribution in [3.05, 3.63) is 156 Å². The standard InChI is InChI=1S/C42H23F9N4/c43-40(44,45)27-13-11-24(12-14-27)34-23-30(55-35-21-28(41(46,47)48)15-18-31(35)32-19-16-29(22-36(32)55)42(49,50)51)17-20-33(34)39-53-37(25-7-3-1-4-8-25)52-38(54-39)26-9-5-2-6-10-26/h1-23H. The van der Waals surface area contributed by atoms with Crippen molar-refractivity contribution >= 4 is 21.8 Å². The SMILES string of the molecule is FC(F)(F)c1ccc(-c2cc(-n3c4cc(C(F)(F)F)ccc4c4ccc(C(F)(F)F)cc43)ccc2-c2nc(-c3ccccc3)nc(-c3ccccc3)n2)cc1. The summed E-state index contributed by atoms with van der Waals surface area (Å²) in [5, 5.41) is 0.517. The van der Waals surface area contributed by atoms with Crippen LogP contribution in [0.1, 0.15) is 16.7 Å². The van der Waals surface area contributed by atoms with Gasteiger partial charge in [-0.25, -0.2) is 15.0 Å². The number of fused-ring (bicyclic) bond motifs is 3. The summed E-state index contributed by atoms with van der Waals surface area (Å²) in [6.45, 7) is 0. The minimum atomic E-state index is -4.77. The molecule has 274 valence electrons. The Balaban J connectivity index is 1.43. The monoisotopic (exact) mass is 754 g/mol. The van der Waals surface area contributed by atoms with Crippen LogP contribution in [0, 0.1) is 0 Å². The molecule has 0 aliphatic rings. The van der Waals surface area contributed by atoms with E-state index < -0.39 is 35.2 Å². The van der Waals surface area contributed by atoms with Crippen LogP contribution in [0.4, 0.5) is 39.5 Å². The Labute approximate surface area is 306 Å². The molecule has 0 radical (unpaired) electrons. The van der Waals surface area contributed by atoms with Gasteiger partial charge in [0.1, 0.15) is 0 Å². The molecule has 2 aromatic heterocycles. The van der Waals surface area contributed by atoms with E-state index >= 15 is 0 Å². The number of halogens is 9. The van der Waals surface area contributed by atoms with E-state index in [4.69, 9.17) is 9.97 Å². The molecule has 2 heterocycles. The molecule has 55 heavy (non-hydrogen) atoms. The minimum Gasteiger partial charge on any atom is -0.309 e. The smallest absolute Gasteiger partial charge is 0.309 e. The van der Waals surface area contributed by atoms with Gasteiger partial charge in [-0.3, -0.25) is 0 Å². The van der Waals surface area contributed by atoms with E-state index in [-0.39, 0.29) is 56.1 Å². The summed E-state index contributed by atoms with van der Waals surface area (Å²) in [5.41, 5.74) is -0.797. The van der Waals surface area contributed by atoms with Crippen molar-refractivity contribution < 1.29 is 39.5 Å². The fourth-order valence-electron chi connectivity index (χ4n) is 6.52. The summed E-state index contributed by atoms with van der Waals surface area (Å²) >= 11 is 0. The molecule has 6 aromatic carbocycles. The summed E-state index contributed by atoms with van der Waals surface area (Å²) in [6.07, 6.45) is -14.2. The number of alkyl halides is 9. The minimum absolute atomic E-state index is 0.0341. The predicted octanol–water partition coefficient (Wildman–Crippen LogP) is 12.7. The number of nitrogens with zero attached hydrogens (tertiary/aromatic N) is 4. The predicted molar refractivity (Wildman–Crippen MR) is 191 cm³/mol. The second kappa shape index (κ2) is 13.1. The molecular weight excluding hydrogens is 731 g/mol. The number of benzene rings is 6. The first-order chi connectivity index (χ1) is 26.1. The van der Waals surface area contributed by atoms with Crippen molar-refractivity contribution in [3.63, 3.8) is 0 Å². The van der Waals surface area contributed by atoms with Gasteiger partial charge in [0.2, 0.25) is 0 Å². The lowest BCUT2D eigenvalue weighted by molar-refractivity contribution is -0.138. The molecule has 13 heteroatoms. The molecule has 0 bridgehead atoms. The van der Waals surface area contributed by atoms with Crippen molar-refractivity contribution in [3.8, 4) is 51.0 Å². The highest BCUT2D eigenvalue weighted by molar-refractivity contribution is 6.10. The van der Waals surface area contributed by atoms with Crippen molar-refractivity contribution in [1.29, 1.82) is 0 Å². The van der Waals surface area contributed by atoms with Gasteiger partial charge >= 0.3 is 18.5 Å². The Bertz CT molecular complexity index is 2570. The Morgan fingerprint density at radius 3 is 1.25 bits per heavy atom. The average molecular weight is 755 g/mol. The normalized spacial score (nSPS) is 12.5. The summed E-state index contributed by atoms with van der Waals surface area (Å²) in [6, 6.07) is 32.6. The Morgan fingerprint density at radius 2 is 0.800 bits per heavy atom. The quantitative estimate of drug-likeness (QED) is 0.164. The van der Waals surface area contributed by atoms with E-state index in [0.717, 1.165) is 36.4 Å². The lowest BCUT2D eigenvalue weighted by atomic mass is 9.97. The average Bonchev–Trinajstić information content (AvgIpc) is 3.50. The third-order valence-electron chi connectivity index (χ3n) is 9.15. The first kappa shape index (κ1) is 35.5. The molecule has 0 unspecified atom stereocenters. The third kappa shape index (κ3) is 6.77. The van der Waals surface area contributed by atoms with Crippen LogP contribution in [0.3, 0.4) is 0 Å². The third-order valence-corrected chi connectivity index (χ3v) is 9.15. The molecule has 0 aliphatic carbocycles. The van der Waals surface area contributed by atoms with Gasteiger partial charge in [0.15, 0.2) is 17.5 Å². The summed E-state index contributed by atoms with van der Waals surface area (Å²) in [7, 11) is 0. The Kier molecular flexibility index (Phi) is 8.47. The van der Waals surface area contributed by atoms with Crippen LogP contribution in [0.2, 0.25) is 0 Å². The fourth-order valence-corrected chi connectivity index (χ4v) is 6.52. The first-order valence-corrected chi connectivity index (χ1v) is 16.6. The van der Waals surface area contributed by atoms with Crippen molar-refractivity contribution in [2.24, 2.45) is 0 Å². The van der Waals surface area contributed by atoms with Crippen LogP contribution < -0.4 is 0 Å². The molecule has 0 fully saturated rings. The van der Waals surface area contributed by atoms with Gasteiger partial charge in [-0.15, -0.1) is 0 Å². The number of aromatic nitrogens is 4. The maximum atomic E-state index is 14.0. The van der Waals surface area contributed by atoms with Crippen LogP contribution in [-0.4, -0.2) is 19.5 Å². The topological polar surface area (TPSA) is 43.6 Å². The van der Waals surface area contributed by atoms with Gasteiger partial charge in [-0.1, -0.05) is 84.9 Å². The molecule has 0 spiro atoms. The summed E-state index contributed by atoms with van der Waals surface area (Å²) in [5.74, 6) is 0.692. The molecule has 0 saturated heterocycles. The van der Waals surface area contributed by atoms with Gasteiger partial charge in [0.25, 0.3) is 0 Å². The molecular formula is C42H23F9N4. The molecule has 8 aromatic rings. The largest absolute Gasteiger partial charge is 0.416 e. The zero-order valence-electron chi connectivity index (χ0n) is 28.0. The van der Waals surface area contributed by atoms with Gasteiger partial charge in [-0.2, -0.15) is 39.5 Å². The molecule has 8 rings (SSSR count). The molecule has 0 aliphatic heterocycles. The highest BCUT2D eigenvalue weighted by Crippen LogP contribution is 2.42. The van der Waals surface area contributed by atoms with Gasteiger partial charge in [0.05, 0.1) is 27.7 Å². The van der Waals surface area contributed by atoms with Crippen LogP contribution in [0.25, 0.3) is 72.8 Å². The molecule has 0 atom stereocenters. The fraction of sp³-hybridized carbons (Fsp3) is 0.0714. The number of hydrogen-bond acceptors (Lipinski definition) is 3. The lowest BCUT2D eigenvalue weighted by Crippen LogP contribution is -2.06. The summed E-state index contributed by atoms with van der Waals surface area (Å²) in [4.78, 5) is 14.2. The van der Waals surface area contributed by atoms with Crippen molar-refractivity contribution in [2.75, 3.05) is 0 Å². The lowest BCUT2D eigenvalue weighted by Gasteiger charge is -2.16. The second-order valence-electron chi connectivity index (χ2n) is 12.6. The van der Waals surface area contributed by atoms with Gasteiger partial charge in [0, 0.05) is 33.2 Å². The van der Waals surface area contributed by atoms with Crippen LogP contribution in [-0.2, 0) is 18.5 Å². The second-order valence-corrected chi connectivity index (χ2v) is 12.6. The molecule has 0 N–H and O–H groups in total. The summed E-state index contributed by atoms with van der Waals surface area (Å²) < 4.78 is 126. The van der Waals surface area contributed by atoms with E-state index in [1.807, 2.05) is 12.1 Å². The van der Waals surface area contributed by atoms with E-state index in [9.17, 15) is 39.5 Å². The van der Waals surface area contributed by atoms with E-state index in [0.29, 0.717) is 16.7 Å². The van der Waals surface area contributed by atoms with E-state index in [2.05, 4.69) is 4.98 Å². The zero-order valence-corrected chi connectivity index (χ0v) is 28.0. The van der Waals surface area contributed by atoms with Gasteiger partial charge < -0.3 is 4.57 Å². The number of hydrogen-bond donors (Lipinski definition) is 0. The van der Waals surface area contributed by atoms with E-state index in [1.165, 1.54) is 41.0 Å². The Morgan fingerprint density at radius 1 is 0.364 bits per heavy atom. The van der Waals surface area contributed by atoms with Crippen LogP contribution >= 0.6 is 0 Å². The zero-order chi connectivity index (χ0) is 38.7.